The molecule has 0 radical (unpaired) electrons. The summed E-state index contributed by atoms with van der Waals surface area (Å²) in [4.78, 5) is 5.96. The molecule has 0 amide bonds. The molecule has 0 unspecified atom stereocenters. The Balaban J connectivity index is 1.96. The second kappa shape index (κ2) is 6.50. The Hall–Kier alpha value is -1.20. The Morgan fingerprint density at radius 2 is 2.10 bits per heavy atom. The smallest absolute Gasteiger partial charge is 0.0928 e. The highest BCUT2D eigenvalue weighted by molar-refractivity contribution is 7.11. The number of hydrogen-bond acceptors (Lipinski definition) is 4. The van der Waals surface area contributed by atoms with Gasteiger partial charge in [-0.05, 0) is 40.2 Å². The monoisotopic (exact) mass is 292 g/mol. The van der Waals surface area contributed by atoms with Gasteiger partial charge in [0.2, 0.25) is 0 Å². The molecular formula is C15H24N4S. The number of hydrogen-bond donors (Lipinski definition) is 2. The van der Waals surface area contributed by atoms with Gasteiger partial charge in [-0.15, -0.1) is 11.3 Å². The van der Waals surface area contributed by atoms with Gasteiger partial charge in [0.1, 0.15) is 0 Å². The lowest BCUT2D eigenvalue weighted by molar-refractivity contribution is 0.477. The summed E-state index contributed by atoms with van der Waals surface area (Å²) in [5.74, 6) is 0. The number of aryl methyl sites for hydroxylation is 3. The molecule has 2 N–H and O–H groups in total. The van der Waals surface area contributed by atoms with E-state index >= 15 is 0 Å². The van der Waals surface area contributed by atoms with Crippen LogP contribution in [0.2, 0.25) is 0 Å². The van der Waals surface area contributed by atoms with Crippen molar-refractivity contribution < 1.29 is 0 Å². The maximum Gasteiger partial charge on any atom is 0.0928 e. The molecule has 2 atom stereocenters. The summed E-state index contributed by atoms with van der Waals surface area (Å²) in [6.07, 6.45) is 1.95. The standard InChI is InChI=1S/C15H24N4S/c1-6-14-17-12(5)15(20-14)11(4)16-9(2)7-13-8-10(3)18-19-13/h8-9,11,16H,6-7H2,1-5H3,(H,18,19)/t9-,11-/m0/s1. The van der Waals surface area contributed by atoms with Crippen LogP contribution in [0, 0.1) is 13.8 Å². The van der Waals surface area contributed by atoms with E-state index in [9.17, 15) is 0 Å². The van der Waals surface area contributed by atoms with Crippen LogP contribution in [-0.2, 0) is 12.8 Å². The first kappa shape index (κ1) is 15.2. The molecule has 5 heteroatoms. The van der Waals surface area contributed by atoms with Gasteiger partial charge < -0.3 is 5.32 Å². The van der Waals surface area contributed by atoms with E-state index in [4.69, 9.17) is 0 Å². The molecule has 4 nitrogen and oxygen atoms in total. The van der Waals surface area contributed by atoms with Gasteiger partial charge in [0.25, 0.3) is 0 Å². The lowest BCUT2D eigenvalue weighted by Crippen LogP contribution is -2.30. The quantitative estimate of drug-likeness (QED) is 0.858. The van der Waals surface area contributed by atoms with Crippen LogP contribution in [0.15, 0.2) is 6.07 Å². The summed E-state index contributed by atoms with van der Waals surface area (Å²) in [6, 6.07) is 2.83. The summed E-state index contributed by atoms with van der Waals surface area (Å²) in [5.41, 5.74) is 3.39. The molecule has 2 rings (SSSR count). The summed E-state index contributed by atoms with van der Waals surface area (Å²) in [7, 11) is 0. The van der Waals surface area contributed by atoms with Crippen LogP contribution < -0.4 is 5.32 Å². The van der Waals surface area contributed by atoms with Crippen molar-refractivity contribution in [3.63, 3.8) is 0 Å². The van der Waals surface area contributed by atoms with E-state index in [0.29, 0.717) is 12.1 Å². The van der Waals surface area contributed by atoms with E-state index in [1.807, 2.05) is 18.3 Å². The van der Waals surface area contributed by atoms with Gasteiger partial charge in [-0.3, -0.25) is 5.10 Å². The van der Waals surface area contributed by atoms with E-state index in [1.165, 1.54) is 9.88 Å². The number of H-pyrrole nitrogens is 1. The molecule has 2 heterocycles. The van der Waals surface area contributed by atoms with Crippen molar-refractivity contribution in [1.82, 2.24) is 20.5 Å². The largest absolute Gasteiger partial charge is 0.306 e. The van der Waals surface area contributed by atoms with Gasteiger partial charge in [0, 0.05) is 29.1 Å². The minimum atomic E-state index is 0.336. The second-order valence-electron chi connectivity index (χ2n) is 5.45. The lowest BCUT2D eigenvalue weighted by Gasteiger charge is -2.18. The van der Waals surface area contributed by atoms with Gasteiger partial charge in [0.05, 0.1) is 16.4 Å². The Morgan fingerprint density at radius 3 is 2.65 bits per heavy atom. The van der Waals surface area contributed by atoms with Crippen LogP contribution in [0.1, 0.15) is 53.8 Å². The van der Waals surface area contributed by atoms with Crippen molar-refractivity contribution >= 4 is 11.3 Å². The van der Waals surface area contributed by atoms with Crippen LogP contribution in [0.25, 0.3) is 0 Å². The van der Waals surface area contributed by atoms with Gasteiger partial charge in [-0.1, -0.05) is 6.92 Å². The van der Waals surface area contributed by atoms with Crippen LogP contribution in [0.4, 0.5) is 0 Å². The molecule has 0 bridgehead atoms. The molecular weight excluding hydrogens is 268 g/mol. The number of aromatic nitrogens is 3. The van der Waals surface area contributed by atoms with Gasteiger partial charge in [0.15, 0.2) is 0 Å². The van der Waals surface area contributed by atoms with Gasteiger partial charge in [-0.25, -0.2) is 4.98 Å². The van der Waals surface area contributed by atoms with E-state index in [-0.39, 0.29) is 0 Å². The molecule has 2 aromatic heterocycles. The third-order valence-corrected chi connectivity index (χ3v) is 4.87. The first-order valence-electron chi connectivity index (χ1n) is 7.22. The number of nitrogens with zero attached hydrogens (tertiary/aromatic N) is 2. The second-order valence-corrected chi connectivity index (χ2v) is 6.56. The van der Waals surface area contributed by atoms with Crippen molar-refractivity contribution in [2.75, 3.05) is 0 Å². The van der Waals surface area contributed by atoms with Crippen LogP contribution in [0.5, 0.6) is 0 Å². The zero-order chi connectivity index (χ0) is 14.7. The maximum atomic E-state index is 4.61. The average molecular weight is 292 g/mol. The zero-order valence-corrected chi connectivity index (χ0v) is 13.8. The summed E-state index contributed by atoms with van der Waals surface area (Å²) in [5, 5.41) is 12.2. The topological polar surface area (TPSA) is 53.6 Å². The van der Waals surface area contributed by atoms with Crippen LogP contribution >= 0.6 is 11.3 Å². The molecule has 0 saturated carbocycles. The predicted octanol–water partition coefficient (Wildman–Crippen LogP) is 3.33. The normalized spacial score (nSPS) is 14.4. The average Bonchev–Trinajstić information content (AvgIpc) is 2.95. The minimum absolute atomic E-state index is 0.336. The Labute approximate surface area is 125 Å². The fraction of sp³-hybridized carbons (Fsp3) is 0.600. The fourth-order valence-corrected chi connectivity index (χ4v) is 3.49. The van der Waals surface area contributed by atoms with Crippen molar-refractivity contribution in [2.45, 2.75) is 59.5 Å². The van der Waals surface area contributed by atoms with Crippen molar-refractivity contribution in [3.8, 4) is 0 Å². The highest BCUT2D eigenvalue weighted by atomic mass is 32.1. The molecule has 0 saturated heterocycles. The highest BCUT2D eigenvalue weighted by Crippen LogP contribution is 2.25. The Morgan fingerprint density at radius 1 is 1.35 bits per heavy atom. The third-order valence-electron chi connectivity index (χ3n) is 3.38. The van der Waals surface area contributed by atoms with Crippen LogP contribution in [-0.4, -0.2) is 21.2 Å². The molecule has 0 aliphatic carbocycles. The molecule has 110 valence electrons. The van der Waals surface area contributed by atoms with E-state index in [1.54, 1.807) is 0 Å². The van der Waals surface area contributed by atoms with Gasteiger partial charge >= 0.3 is 0 Å². The van der Waals surface area contributed by atoms with E-state index < -0.39 is 0 Å². The molecule has 0 fully saturated rings. The zero-order valence-electron chi connectivity index (χ0n) is 12.9. The third kappa shape index (κ3) is 3.67. The molecule has 2 aromatic rings. The minimum Gasteiger partial charge on any atom is -0.306 e. The number of rotatable bonds is 6. The first-order valence-corrected chi connectivity index (χ1v) is 8.04. The van der Waals surface area contributed by atoms with Crippen molar-refractivity contribution in [2.24, 2.45) is 0 Å². The van der Waals surface area contributed by atoms with E-state index in [2.05, 4.69) is 54.3 Å². The molecule has 0 spiro atoms. The van der Waals surface area contributed by atoms with Crippen LogP contribution in [0.3, 0.4) is 0 Å². The fourth-order valence-electron chi connectivity index (χ4n) is 2.47. The number of nitrogens with one attached hydrogen (secondary N) is 2. The lowest BCUT2D eigenvalue weighted by atomic mass is 10.1. The molecule has 20 heavy (non-hydrogen) atoms. The molecule has 0 aliphatic heterocycles. The predicted molar refractivity (Wildman–Crippen MR) is 84.3 cm³/mol. The highest BCUT2D eigenvalue weighted by Gasteiger charge is 2.16. The SMILES string of the molecule is CCc1nc(C)c([C@H](C)N[C@@H](C)Cc2cc(C)[nH]n2)s1. The van der Waals surface area contributed by atoms with E-state index in [0.717, 1.165) is 29.9 Å². The van der Waals surface area contributed by atoms with Crippen molar-refractivity contribution in [3.05, 3.63) is 33.0 Å². The molecule has 0 aliphatic rings. The first-order chi connectivity index (χ1) is 9.49. The Bertz CT molecular complexity index is 558. The number of aromatic amines is 1. The maximum absolute atomic E-state index is 4.61. The van der Waals surface area contributed by atoms with Crippen molar-refractivity contribution in [1.29, 1.82) is 0 Å². The van der Waals surface area contributed by atoms with Gasteiger partial charge in [-0.2, -0.15) is 5.10 Å². The Kier molecular flexibility index (Phi) is 4.94. The molecule has 0 aromatic carbocycles. The number of thiazole rings is 1. The summed E-state index contributed by atoms with van der Waals surface area (Å²) in [6.45, 7) is 10.7. The summed E-state index contributed by atoms with van der Waals surface area (Å²) >= 11 is 1.82. The summed E-state index contributed by atoms with van der Waals surface area (Å²) < 4.78 is 0.